The smallest absolute Gasteiger partial charge is 0.317 e. The van der Waals surface area contributed by atoms with Crippen molar-refractivity contribution in [2.45, 2.75) is 12.8 Å². The van der Waals surface area contributed by atoms with Gasteiger partial charge < -0.3 is 5.11 Å². The normalized spacial score (nSPS) is 17.1. The second-order valence-corrected chi connectivity index (χ2v) is 3.64. The van der Waals surface area contributed by atoms with Gasteiger partial charge in [0, 0.05) is 18.6 Å². The predicted molar refractivity (Wildman–Crippen MR) is 51.8 cm³/mol. The van der Waals surface area contributed by atoms with E-state index >= 15 is 0 Å². The minimum Gasteiger partial charge on any atom is -0.480 e. The molecular weight excluding hydrogens is 190 g/mol. The van der Waals surface area contributed by atoms with Crippen LogP contribution < -0.4 is 0 Å². The number of hydrogen-bond acceptors (Lipinski definition) is 2. The van der Waals surface area contributed by atoms with Crippen LogP contribution in [-0.4, -0.2) is 35.6 Å². The van der Waals surface area contributed by atoms with Gasteiger partial charge in [0.1, 0.15) is 0 Å². The first-order valence-electron chi connectivity index (χ1n) is 4.41. The molecule has 0 aromatic carbocycles. The van der Waals surface area contributed by atoms with Crippen molar-refractivity contribution in [2.75, 3.05) is 19.6 Å². The fraction of sp³-hybridized carbons (Fsp3) is 0.667. The Bertz CT molecular complexity index is 202. The summed E-state index contributed by atoms with van der Waals surface area (Å²) in [5, 5.41) is 8.62. The van der Waals surface area contributed by atoms with E-state index in [0.29, 0.717) is 12.5 Å². The molecule has 1 aliphatic carbocycles. The SMILES string of the molecule is O=C(O)CN(C/C=C/Cl)CC1CC1. The monoisotopic (exact) mass is 203 g/mol. The van der Waals surface area contributed by atoms with Crippen molar-refractivity contribution in [1.82, 2.24) is 4.90 Å². The van der Waals surface area contributed by atoms with Crippen molar-refractivity contribution in [2.24, 2.45) is 5.92 Å². The molecule has 0 aliphatic heterocycles. The van der Waals surface area contributed by atoms with Crippen LogP contribution in [0.2, 0.25) is 0 Å². The molecule has 1 fully saturated rings. The summed E-state index contributed by atoms with van der Waals surface area (Å²) in [6.07, 6.45) is 4.24. The molecule has 0 amide bonds. The van der Waals surface area contributed by atoms with Crippen LogP contribution in [0.3, 0.4) is 0 Å². The Kier molecular flexibility index (Phi) is 4.25. The first-order valence-corrected chi connectivity index (χ1v) is 4.85. The van der Waals surface area contributed by atoms with Crippen LogP contribution in [-0.2, 0) is 4.79 Å². The van der Waals surface area contributed by atoms with E-state index in [-0.39, 0.29) is 6.54 Å². The lowest BCUT2D eigenvalue weighted by atomic mass is 10.3. The number of carboxylic acids is 1. The molecule has 13 heavy (non-hydrogen) atoms. The maximum Gasteiger partial charge on any atom is 0.317 e. The van der Waals surface area contributed by atoms with Gasteiger partial charge in [0.05, 0.1) is 6.54 Å². The third-order valence-electron chi connectivity index (χ3n) is 2.02. The fourth-order valence-corrected chi connectivity index (χ4v) is 1.33. The van der Waals surface area contributed by atoms with Gasteiger partial charge in [-0.3, -0.25) is 9.69 Å². The predicted octanol–water partition coefficient (Wildman–Crippen LogP) is 1.54. The lowest BCUT2D eigenvalue weighted by molar-refractivity contribution is -0.138. The van der Waals surface area contributed by atoms with E-state index in [2.05, 4.69) is 0 Å². The maximum absolute atomic E-state index is 10.5. The second kappa shape index (κ2) is 5.25. The number of carboxylic acid groups (broad SMARTS) is 1. The summed E-state index contributed by atoms with van der Waals surface area (Å²) in [7, 11) is 0. The highest BCUT2D eigenvalue weighted by atomic mass is 35.5. The largest absolute Gasteiger partial charge is 0.480 e. The summed E-state index contributed by atoms with van der Waals surface area (Å²) in [6, 6.07) is 0. The highest BCUT2D eigenvalue weighted by Crippen LogP contribution is 2.29. The summed E-state index contributed by atoms with van der Waals surface area (Å²) in [6.45, 7) is 1.62. The van der Waals surface area contributed by atoms with Crippen molar-refractivity contribution in [3.63, 3.8) is 0 Å². The number of hydrogen-bond donors (Lipinski definition) is 1. The minimum absolute atomic E-state index is 0.109. The summed E-state index contributed by atoms with van der Waals surface area (Å²) < 4.78 is 0. The summed E-state index contributed by atoms with van der Waals surface area (Å²) in [5.74, 6) is -0.0632. The van der Waals surface area contributed by atoms with E-state index in [1.165, 1.54) is 18.4 Å². The average Bonchev–Trinajstić information content (AvgIpc) is 2.83. The molecular formula is C9H14ClNO2. The summed E-state index contributed by atoms with van der Waals surface area (Å²) >= 11 is 5.38. The molecule has 0 aromatic rings. The van der Waals surface area contributed by atoms with Gasteiger partial charge in [0.25, 0.3) is 0 Å². The molecule has 0 saturated heterocycles. The number of rotatable bonds is 6. The topological polar surface area (TPSA) is 40.5 Å². The Morgan fingerprint density at radius 1 is 1.62 bits per heavy atom. The van der Waals surface area contributed by atoms with Crippen molar-refractivity contribution < 1.29 is 9.90 Å². The Hall–Kier alpha value is -0.540. The molecule has 0 unspecified atom stereocenters. The van der Waals surface area contributed by atoms with Crippen molar-refractivity contribution in [1.29, 1.82) is 0 Å². The molecule has 3 nitrogen and oxygen atoms in total. The lowest BCUT2D eigenvalue weighted by Gasteiger charge is -2.17. The van der Waals surface area contributed by atoms with Crippen LogP contribution in [0.1, 0.15) is 12.8 Å². The molecule has 0 aromatic heterocycles. The van der Waals surface area contributed by atoms with Crippen molar-refractivity contribution in [3.8, 4) is 0 Å². The Labute approximate surface area is 83.0 Å². The van der Waals surface area contributed by atoms with Crippen LogP contribution in [0.5, 0.6) is 0 Å². The highest BCUT2D eigenvalue weighted by Gasteiger charge is 2.24. The highest BCUT2D eigenvalue weighted by molar-refractivity contribution is 6.25. The maximum atomic E-state index is 10.5. The van der Waals surface area contributed by atoms with Gasteiger partial charge in [-0.05, 0) is 18.8 Å². The molecule has 0 radical (unpaired) electrons. The zero-order chi connectivity index (χ0) is 9.68. The second-order valence-electron chi connectivity index (χ2n) is 3.39. The zero-order valence-electron chi connectivity index (χ0n) is 7.45. The van der Waals surface area contributed by atoms with Gasteiger partial charge in [-0.2, -0.15) is 0 Å². The van der Waals surface area contributed by atoms with E-state index in [0.717, 1.165) is 6.54 Å². The Morgan fingerprint density at radius 2 is 2.31 bits per heavy atom. The molecule has 74 valence electrons. The lowest BCUT2D eigenvalue weighted by Crippen LogP contribution is -2.31. The van der Waals surface area contributed by atoms with Crippen molar-refractivity contribution in [3.05, 3.63) is 11.6 Å². The number of aliphatic carboxylic acids is 1. The van der Waals surface area contributed by atoms with Crippen LogP contribution in [0.25, 0.3) is 0 Å². The minimum atomic E-state index is -0.774. The van der Waals surface area contributed by atoms with Gasteiger partial charge in [-0.1, -0.05) is 17.7 Å². The van der Waals surface area contributed by atoms with Gasteiger partial charge in [-0.15, -0.1) is 0 Å². The molecule has 0 heterocycles. The van der Waals surface area contributed by atoms with Crippen LogP contribution in [0.15, 0.2) is 11.6 Å². The Balaban J connectivity index is 2.27. The van der Waals surface area contributed by atoms with Crippen LogP contribution >= 0.6 is 11.6 Å². The first kappa shape index (κ1) is 10.5. The van der Waals surface area contributed by atoms with Gasteiger partial charge in [-0.25, -0.2) is 0 Å². The first-order chi connectivity index (χ1) is 6.22. The van der Waals surface area contributed by atoms with Gasteiger partial charge in [0.2, 0.25) is 0 Å². The quantitative estimate of drug-likeness (QED) is 0.712. The van der Waals surface area contributed by atoms with Crippen LogP contribution in [0.4, 0.5) is 0 Å². The van der Waals surface area contributed by atoms with Gasteiger partial charge >= 0.3 is 5.97 Å². The summed E-state index contributed by atoms with van der Waals surface area (Å²) in [5.41, 5.74) is 1.43. The molecule has 1 saturated carbocycles. The van der Waals surface area contributed by atoms with Crippen LogP contribution in [0, 0.1) is 5.92 Å². The van der Waals surface area contributed by atoms with E-state index in [9.17, 15) is 4.79 Å². The van der Waals surface area contributed by atoms with E-state index in [1.54, 1.807) is 6.08 Å². The molecule has 1 rings (SSSR count). The average molecular weight is 204 g/mol. The van der Waals surface area contributed by atoms with E-state index < -0.39 is 5.97 Å². The molecule has 1 N–H and O–H groups in total. The number of nitrogens with zero attached hydrogens (tertiary/aromatic N) is 1. The van der Waals surface area contributed by atoms with Crippen molar-refractivity contribution >= 4 is 17.6 Å². The summed E-state index contributed by atoms with van der Waals surface area (Å²) in [4.78, 5) is 12.4. The Morgan fingerprint density at radius 3 is 2.77 bits per heavy atom. The molecule has 0 bridgehead atoms. The number of carbonyl (C=O) groups is 1. The third kappa shape index (κ3) is 4.90. The third-order valence-corrected chi connectivity index (χ3v) is 2.20. The van der Waals surface area contributed by atoms with E-state index in [4.69, 9.17) is 16.7 Å². The number of halogens is 1. The molecule has 1 aliphatic rings. The zero-order valence-corrected chi connectivity index (χ0v) is 8.20. The van der Waals surface area contributed by atoms with E-state index in [1.807, 2.05) is 4.90 Å². The fourth-order valence-electron chi connectivity index (χ4n) is 1.25. The molecule has 0 atom stereocenters. The molecule has 0 spiro atoms. The standard InChI is InChI=1S/C9H14ClNO2/c10-4-1-5-11(7-9(12)13)6-8-2-3-8/h1,4,8H,2-3,5-7H2,(H,12,13)/b4-1+. The molecule has 4 heteroatoms. The van der Waals surface area contributed by atoms with Gasteiger partial charge in [0.15, 0.2) is 0 Å².